The van der Waals surface area contributed by atoms with E-state index in [0.717, 1.165) is 5.00 Å². The molecule has 0 aromatic carbocycles. The highest BCUT2D eigenvalue weighted by Crippen LogP contribution is 2.38. The molecule has 96 valence electrons. The molecule has 1 aliphatic rings. The van der Waals surface area contributed by atoms with E-state index < -0.39 is 5.97 Å². The summed E-state index contributed by atoms with van der Waals surface area (Å²) >= 11 is 1.20. The Balaban J connectivity index is 2.40. The number of thiophene rings is 1. The van der Waals surface area contributed by atoms with Crippen LogP contribution in [-0.2, 0) is 9.47 Å². The van der Waals surface area contributed by atoms with E-state index >= 15 is 0 Å². The fourth-order valence-corrected chi connectivity index (χ4v) is 2.91. The standard InChI is InChI=1S/C11H13N3O3S/c1-16-11(15)9-8(13)7(6-12)10(18-9)14-2-4-17-5-3-14/h2-5,13H2,1H3. The summed E-state index contributed by atoms with van der Waals surface area (Å²) in [7, 11) is 1.29. The first-order valence-electron chi connectivity index (χ1n) is 5.42. The fraction of sp³-hybridized carbons (Fsp3) is 0.455. The van der Waals surface area contributed by atoms with E-state index in [0.29, 0.717) is 31.9 Å². The molecule has 2 heterocycles. The van der Waals surface area contributed by atoms with Crippen molar-refractivity contribution < 1.29 is 14.3 Å². The maximum absolute atomic E-state index is 11.6. The lowest BCUT2D eigenvalue weighted by molar-refractivity contribution is 0.0607. The van der Waals surface area contributed by atoms with Gasteiger partial charge in [0.25, 0.3) is 0 Å². The molecule has 1 aromatic rings. The summed E-state index contributed by atoms with van der Waals surface area (Å²) in [5.74, 6) is -0.506. The van der Waals surface area contributed by atoms with E-state index in [2.05, 4.69) is 10.8 Å². The second kappa shape index (κ2) is 5.25. The molecule has 0 spiro atoms. The van der Waals surface area contributed by atoms with Crippen molar-refractivity contribution in [1.82, 2.24) is 0 Å². The Morgan fingerprint density at radius 2 is 2.22 bits per heavy atom. The predicted molar refractivity (Wildman–Crippen MR) is 67.8 cm³/mol. The van der Waals surface area contributed by atoms with Gasteiger partial charge in [0.15, 0.2) is 0 Å². The molecule has 1 saturated heterocycles. The van der Waals surface area contributed by atoms with Crippen LogP contribution in [0.1, 0.15) is 15.2 Å². The van der Waals surface area contributed by atoms with Crippen molar-refractivity contribution in [2.45, 2.75) is 0 Å². The van der Waals surface area contributed by atoms with Gasteiger partial charge in [-0.1, -0.05) is 0 Å². The summed E-state index contributed by atoms with van der Waals surface area (Å²) in [6.45, 7) is 2.59. The third-order valence-corrected chi connectivity index (χ3v) is 3.95. The summed E-state index contributed by atoms with van der Waals surface area (Å²) in [5, 5.41) is 9.89. The molecule has 0 radical (unpaired) electrons. The first kappa shape index (κ1) is 12.7. The molecule has 18 heavy (non-hydrogen) atoms. The van der Waals surface area contributed by atoms with Crippen LogP contribution in [0.5, 0.6) is 0 Å². The lowest BCUT2D eigenvalue weighted by Gasteiger charge is -2.27. The van der Waals surface area contributed by atoms with Gasteiger partial charge in [0, 0.05) is 13.1 Å². The van der Waals surface area contributed by atoms with E-state index in [1.54, 1.807) is 0 Å². The lowest BCUT2D eigenvalue weighted by Crippen LogP contribution is -2.36. The van der Waals surface area contributed by atoms with Crippen LogP contribution in [-0.4, -0.2) is 39.4 Å². The first-order valence-corrected chi connectivity index (χ1v) is 6.24. The second-order valence-corrected chi connectivity index (χ2v) is 4.73. The minimum absolute atomic E-state index is 0.204. The maximum Gasteiger partial charge on any atom is 0.350 e. The number of nitrogen functional groups attached to an aromatic ring is 1. The number of esters is 1. The van der Waals surface area contributed by atoms with Gasteiger partial charge in [-0.15, -0.1) is 11.3 Å². The maximum atomic E-state index is 11.6. The fourth-order valence-electron chi connectivity index (χ4n) is 1.77. The van der Waals surface area contributed by atoms with Crippen LogP contribution in [0, 0.1) is 11.3 Å². The van der Waals surface area contributed by atoms with Gasteiger partial charge < -0.3 is 20.1 Å². The topological polar surface area (TPSA) is 88.6 Å². The number of methoxy groups -OCH3 is 1. The van der Waals surface area contributed by atoms with Crippen molar-refractivity contribution in [2.75, 3.05) is 44.0 Å². The van der Waals surface area contributed by atoms with Gasteiger partial charge in [-0.25, -0.2) is 4.79 Å². The molecule has 2 N–H and O–H groups in total. The lowest BCUT2D eigenvalue weighted by atomic mass is 10.2. The third kappa shape index (κ3) is 2.12. The average molecular weight is 267 g/mol. The Bertz CT molecular complexity index is 500. The van der Waals surface area contributed by atoms with Gasteiger partial charge in [0.05, 0.1) is 26.0 Å². The summed E-state index contributed by atoms with van der Waals surface area (Å²) in [4.78, 5) is 13.9. The van der Waals surface area contributed by atoms with Crippen molar-refractivity contribution in [2.24, 2.45) is 0 Å². The van der Waals surface area contributed by atoms with Gasteiger partial charge in [0.2, 0.25) is 0 Å². The van der Waals surface area contributed by atoms with Crippen molar-refractivity contribution in [3.63, 3.8) is 0 Å². The summed E-state index contributed by atoms with van der Waals surface area (Å²) < 4.78 is 9.91. The van der Waals surface area contributed by atoms with Gasteiger partial charge in [-0.05, 0) is 0 Å². The molecule has 0 amide bonds. The molecule has 1 fully saturated rings. The molecule has 0 saturated carbocycles. The van der Waals surface area contributed by atoms with Crippen LogP contribution >= 0.6 is 11.3 Å². The molecular weight excluding hydrogens is 254 g/mol. The second-order valence-electron chi connectivity index (χ2n) is 3.73. The number of nitriles is 1. The highest BCUT2D eigenvalue weighted by molar-refractivity contribution is 7.18. The summed E-state index contributed by atoms with van der Waals surface area (Å²) in [5.41, 5.74) is 6.38. The number of rotatable bonds is 2. The third-order valence-electron chi connectivity index (χ3n) is 2.71. The average Bonchev–Trinajstić information content (AvgIpc) is 2.76. The number of nitrogens with two attached hydrogens (primary N) is 1. The number of hydrogen-bond acceptors (Lipinski definition) is 7. The van der Waals surface area contributed by atoms with Crippen molar-refractivity contribution >= 4 is 28.0 Å². The Morgan fingerprint density at radius 1 is 1.56 bits per heavy atom. The zero-order valence-corrected chi connectivity index (χ0v) is 10.7. The van der Waals surface area contributed by atoms with Gasteiger partial charge in [-0.2, -0.15) is 5.26 Å². The van der Waals surface area contributed by atoms with Gasteiger partial charge in [-0.3, -0.25) is 0 Å². The molecule has 7 heteroatoms. The number of ether oxygens (including phenoxy) is 2. The number of hydrogen-bond donors (Lipinski definition) is 1. The normalized spacial score (nSPS) is 15.2. The Morgan fingerprint density at radius 3 is 2.78 bits per heavy atom. The van der Waals surface area contributed by atoms with E-state index in [1.165, 1.54) is 18.4 Å². The van der Waals surface area contributed by atoms with Crippen LogP contribution in [0.15, 0.2) is 0 Å². The largest absolute Gasteiger partial charge is 0.465 e. The number of morpholine rings is 1. The number of carbonyl (C=O) groups excluding carboxylic acids is 1. The minimum atomic E-state index is -0.506. The van der Waals surface area contributed by atoms with Crippen molar-refractivity contribution in [1.29, 1.82) is 5.26 Å². The Labute approximate surface area is 109 Å². The molecule has 0 unspecified atom stereocenters. The van der Waals surface area contributed by atoms with Crippen molar-refractivity contribution in [3.8, 4) is 6.07 Å². The van der Waals surface area contributed by atoms with E-state index in [9.17, 15) is 4.79 Å². The predicted octanol–water partition coefficient (Wildman–Crippen LogP) is 0.825. The van der Waals surface area contributed by atoms with Crippen LogP contribution in [0.2, 0.25) is 0 Å². The minimum Gasteiger partial charge on any atom is -0.465 e. The molecule has 6 nitrogen and oxygen atoms in total. The molecule has 0 bridgehead atoms. The van der Waals surface area contributed by atoms with Crippen LogP contribution in [0.3, 0.4) is 0 Å². The smallest absolute Gasteiger partial charge is 0.350 e. The van der Waals surface area contributed by atoms with E-state index in [-0.39, 0.29) is 10.6 Å². The number of nitrogens with zero attached hydrogens (tertiary/aromatic N) is 2. The molecule has 0 atom stereocenters. The number of anilines is 2. The van der Waals surface area contributed by atoms with Crippen LogP contribution in [0.25, 0.3) is 0 Å². The van der Waals surface area contributed by atoms with Gasteiger partial charge >= 0.3 is 5.97 Å². The molecule has 1 aromatic heterocycles. The first-order chi connectivity index (χ1) is 8.69. The summed E-state index contributed by atoms with van der Waals surface area (Å²) in [6, 6.07) is 2.06. The Hall–Kier alpha value is -1.78. The highest BCUT2D eigenvalue weighted by atomic mass is 32.1. The number of carbonyl (C=O) groups is 1. The van der Waals surface area contributed by atoms with Crippen molar-refractivity contribution in [3.05, 3.63) is 10.4 Å². The molecule has 2 rings (SSSR count). The SMILES string of the molecule is COC(=O)c1sc(N2CCOCC2)c(C#N)c1N. The van der Waals surface area contributed by atoms with Crippen LogP contribution < -0.4 is 10.6 Å². The monoisotopic (exact) mass is 267 g/mol. The van der Waals surface area contributed by atoms with E-state index in [1.807, 2.05) is 4.90 Å². The molecular formula is C11H13N3O3S. The highest BCUT2D eigenvalue weighted by Gasteiger charge is 2.25. The quantitative estimate of drug-likeness (QED) is 0.798. The molecule has 1 aliphatic heterocycles. The summed E-state index contributed by atoms with van der Waals surface area (Å²) in [6.07, 6.45) is 0. The van der Waals surface area contributed by atoms with Crippen LogP contribution in [0.4, 0.5) is 10.7 Å². The van der Waals surface area contributed by atoms with Gasteiger partial charge in [0.1, 0.15) is 21.5 Å². The Kier molecular flexibility index (Phi) is 3.69. The van der Waals surface area contributed by atoms with E-state index in [4.69, 9.17) is 15.7 Å². The zero-order chi connectivity index (χ0) is 13.1. The molecule has 0 aliphatic carbocycles. The zero-order valence-electron chi connectivity index (χ0n) is 9.93.